The van der Waals surface area contributed by atoms with Gasteiger partial charge in [0.25, 0.3) is 0 Å². The van der Waals surface area contributed by atoms with E-state index >= 15 is 0 Å². The van der Waals surface area contributed by atoms with Gasteiger partial charge in [-0.1, -0.05) is 20.3 Å². The monoisotopic (exact) mass is 298 g/mol. The smallest absolute Gasteiger partial charge is 0.320 e. The summed E-state index contributed by atoms with van der Waals surface area (Å²) in [5.74, 6) is -0.579. The highest BCUT2D eigenvalue weighted by Gasteiger charge is 2.29. The summed E-state index contributed by atoms with van der Waals surface area (Å²) in [6.45, 7) is 6.59. The molecule has 21 heavy (non-hydrogen) atoms. The third-order valence-electron chi connectivity index (χ3n) is 4.81. The second kappa shape index (κ2) is 8.25. The van der Waals surface area contributed by atoms with Crippen LogP contribution in [0, 0.1) is 11.8 Å². The lowest BCUT2D eigenvalue weighted by Gasteiger charge is -2.37. The van der Waals surface area contributed by atoms with Crippen LogP contribution in [0.3, 0.4) is 0 Å². The topological polar surface area (TPSA) is 60.9 Å². The van der Waals surface area contributed by atoms with Crippen molar-refractivity contribution in [2.75, 3.05) is 20.1 Å². The fourth-order valence-corrected chi connectivity index (χ4v) is 3.07. The lowest BCUT2D eigenvalue weighted by Crippen LogP contribution is -2.48. The number of nitrogens with zero attached hydrogens (tertiary/aromatic N) is 2. The average Bonchev–Trinajstić information content (AvgIpc) is 2.50. The van der Waals surface area contributed by atoms with Crippen molar-refractivity contribution in [1.29, 1.82) is 0 Å². The molecule has 5 heteroatoms. The molecule has 2 amide bonds. The predicted molar refractivity (Wildman–Crippen MR) is 83.2 cm³/mol. The minimum Gasteiger partial charge on any atom is -0.481 e. The standard InChI is InChI=1S/C16H30N2O3/c1-5-13-7-9-14(10-8-13)17(4)16(21)18(6-2)11-12(3)15(19)20/h12-14H,5-11H2,1-4H3,(H,19,20). The van der Waals surface area contributed by atoms with Gasteiger partial charge in [0.1, 0.15) is 0 Å². The maximum absolute atomic E-state index is 12.5. The van der Waals surface area contributed by atoms with Crippen molar-refractivity contribution in [1.82, 2.24) is 9.80 Å². The van der Waals surface area contributed by atoms with E-state index in [4.69, 9.17) is 5.11 Å². The molecule has 122 valence electrons. The van der Waals surface area contributed by atoms with Gasteiger partial charge in [-0.3, -0.25) is 4.79 Å². The van der Waals surface area contributed by atoms with Gasteiger partial charge in [-0.25, -0.2) is 4.79 Å². The van der Waals surface area contributed by atoms with E-state index in [1.807, 2.05) is 18.9 Å². The molecule has 0 aliphatic heterocycles. The van der Waals surface area contributed by atoms with Gasteiger partial charge < -0.3 is 14.9 Å². The summed E-state index contributed by atoms with van der Waals surface area (Å²) in [7, 11) is 1.85. The molecule has 1 unspecified atom stereocenters. The molecule has 5 nitrogen and oxygen atoms in total. The van der Waals surface area contributed by atoms with E-state index in [9.17, 15) is 9.59 Å². The van der Waals surface area contributed by atoms with Gasteiger partial charge in [0.05, 0.1) is 5.92 Å². The summed E-state index contributed by atoms with van der Waals surface area (Å²) in [6, 6.07) is 0.264. The normalized spacial score (nSPS) is 23.4. The zero-order chi connectivity index (χ0) is 16.0. The van der Waals surface area contributed by atoms with Crippen molar-refractivity contribution >= 4 is 12.0 Å². The Kier molecular flexibility index (Phi) is 6.99. The summed E-state index contributed by atoms with van der Waals surface area (Å²) in [5, 5.41) is 9.00. The van der Waals surface area contributed by atoms with Crippen LogP contribution in [0.5, 0.6) is 0 Å². The molecule has 0 aromatic rings. The maximum atomic E-state index is 12.5. The fourth-order valence-electron chi connectivity index (χ4n) is 3.07. The van der Waals surface area contributed by atoms with E-state index in [1.165, 1.54) is 19.3 Å². The Morgan fingerprint density at radius 1 is 1.19 bits per heavy atom. The summed E-state index contributed by atoms with van der Waals surface area (Å²) < 4.78 is 0. The summed E-state index contributed by atoms with van der Waals surface area (Å²) in [5.41, 5.74) is 0. The third kappa shape index (κ3) is 4.90. The van der Waals surface area contributed by atoms with Gasteiger partial charge in [-0.2, -0.15) is 0 Å². The van der Waals surface area contributed by atoms with E-state index in [0.29, 0.717) is 12.6 Å². The van der Waals surface area contributed by atoms with Crippen LogP contribution in [-0.2, 0) is 4.79 Å². The second-order valence-electron chi connectivity index (χ2n) is 6.25. The van der Waals surface area contributed by atoms with Crippen molar-refractivity contribution in [3.05, 3.63) is 0 Å². The lowest BCUT2D eigenvalue weighted by atomic mass is 9.84. The number of carboxylic acids is 1. The average molecular weight is 298 g/mol. The van der Waals surface area contributed by atoms with Gasteiger partial charge in [0, 0.05) is 26.2 Å². The van der Waals surface area contributed by atoms with Crippen LogP contribution in [0.2, 0.25) is 0 Å². The number of carboxylic acid groups (broad SMARTS) is 1. The number of hydrogen-bond acceptors (Lipinski definition) is 2. The Morgan fingerprint density at radius 2 is 1.76 bits per heavy atom. The van der Waals surface area contributed by atoms with E-state index in [-0.39, 0.29) is 12.6 Å². The number of carbonyl (C=O) groups excluding carboxylic acids is 1. The Labute approximate surface area is 128 Å². The number of hydrogen-bond donors (Lipinski definition) is 1. The predicted octanol–water partition coefficient (Wildman–Crippen LogP) is 3.05. The summed E-state index contributed by atoms with van der Waals surface area (Å²) >= 11 is 0. The largest absolute Gasteiger partial charge is 0.481 e. The molecule has 0 spiro atoms. The fraction of sp³-hybridized carbons (Fsp3) is 0.875. The molecular weight excluding hydrogens is 268 g/mol. The minimum absolute atomic E-state index is 0.0365. The molecule has 0 bridgehead atoms. The van der Waals surface area contributed by atoms with Crippen LogP contribution < -0.4 is 0 Å². The van der Waals surface area contributed by atoms with E-state index in [0.717, 1.165) is 18.8 Å². The van der Waals surface area contributed by atoms with Crippen molar-refractivity contribution in [3.8, 4) is 0 Å². The quantitative estimate of drug-likeness (QED) is 0.820. The first kappa shape index (κ1) is 17.8. The molecule has 1 aliphatic carbocycles. The Bertz CT molecular complexity index is 351. The Balaban J connectivity index is 2.57. The van der Waals surface area contributed by atoms with Gasteiger partial charge in [0.2, 0.25) is 0 Å². The first-order valence-corrected chi connectivity index (χ1v) is 8.15. The minimum atomic E-state index is -0.854. The molecule has 0 radical (unpaired) electrons. The number of rotatable bonds is 6. The molecule has 0 aromatic heterocycles. The number of amides is 2. The zero-order valence-corrected chi connectivity index (χ0v) is 13.8. The van der Waals surface area contributed by atoms with Gasteiger partial charge in [-0.15, -0.1) is 0 Å². The van der Waals surface area contributed by atoms with Crippen LogP contribution in [0.1, 0.15) is 52.9 Å². The highest BCUT2D eigenvalue weighted by molar-refractivity contribution is 5.76. The zero-order valence-electron chi connectivity index (χ0n) is 13.8. The van der Waals surface area contributed by atoms with Gasteiger partial charge in [-0.05, 0) is 38.5 Å². The Morgan fingerprint density at radius 3 is 2.19 bits per heavy atom. The molecular formula is C16H30N2O3. The number of urea groups is 1. The summed E-state index contributed by atoms with van der Waals surface area (Å²) in [4.78, 5) is 27.0. The third-order valence-corrected chi connectivity index (χ3v) is 4.81. The van der Waals surface area contributed by atoms with Crippen LogP contribution >= 0.6 is 0 Å². The van der Waals surface area contributed by atoms with E-state index in [1.54, 1.807) is 11.8 Å². The highest BCUT2D eigenvalue weighted by atomic mass is 16.4. The SMILES string of the molecule is CCC1CCC(N(C)C(=O)N(CC)CC(C)C(=O)O)CC1. The molecule has 1 atom stereocenters. The number of aliphatic carboxylic acids is 1. The van der Waals surface area contributed by atoms with Crippen LogP contribution in [0.4, 0.5) is 4.79 Å². The maximum Gasteiger partial charge on any atom is 0.320 e. The molecule has 0 saturated heterocycles. The van der Waals surface area contributed by atoms with Crippen molar-refractivity contribution in [3.63, 3.8) is 0 Å². The summed E-state index contributed by atoms with van der Waals surface area (Å²) in [6.07, 6.45) is 5.73. The second-order valence-corrected chi connectivity index (χ2v) is 6.25. The molecule has 1 N–H and O–H groups in total. The molecule has 0 aromatic carbocycles. The Hall–Kier alpha value is -1.26. The molecule has 1 fully saturated rings. The lowest BCUT2D eigenvalue weighted by molar-refractivity contribution is -0.141. The number of carbonyl (C=O) groups is 2. The van der Waals surface area contributed by atoms with Crippen LogP contribution in [-0.4, -0.2) is 53.1 Å². The van der Waals surface area contributed by atoms with E-state index < -0.39 is 11.9 Å². The van der Waals surface area contributed by atoms with Crippen molar-refractivity contribution in [2.24, 2.45) is 11.8 Å². The first-order chi connectivity index (χ1) is 9.90. The van der Waals surface area contributed by atoms with Gasteiger partial charge in [0.15, 0.2) is 0 Å². The van der Waals surface area contributed by atoms with E-state index in [2.05, 4.69) is 6.92 Å². The van der Waals surface area contributed by atoms with Crippen molar-refractivity contribution < 1.29 is 14.7 Å². The first-order valence-electron chi connectivity index (χ1n) is 8.15. The van der Waals surface area contributed by atoms with Crippen LogP contribution in [0.15, 0.2) is 0 Å². The molecule has 1 rings (SSSR count). The van der Waals surface area contributed by atoms with Crippen molar-refractivity contribution in [2.45, 2.75) is 58.9 Å². The molecule has 1 saturated carbocycles. The molecule has 0 heterocycles. The van der Waals surface area contributed by atoms with Crippen LogP contribution in [0.25, 0.3) is 0 Å². The van der Waals surface area contributed by atoms with Gasteiger partial charge >= 0.3 is 12.0 Å². The molecule has 1 aliphatic rings. The highest BCUT2D eigenvalue weighted by Crippen LogP contribution is 2.29.